The minimum atomic E-state index is -0.207. The molecule has 1 saturated carbocycles. The molecule has 0 bridgehead atoms. The SMILES string of the molecule is Cn1ccc(C2(C=O)CC2)n1. The topological polar surface area (TPSA) is 34.9 Å². The van der Waals surface area contributed by atoms with Crippen LogP contribution in [0.1, 0.15) is 18.5 Å². The number of hydrogen-bond acceptors (Lipinski definition) is 2. The van der Waals surface area contributed by atoms with Crippen molar-refractivity contribution in [1.82, 2.24) is 9.78 Å². The summed E-state index contributed by atoms with van der Waals surface area (Å²) in [5, 5.41) is 4.20. The molecule has 0 N–H and O–H groups in total. The largest absolute Gasteiger partial charge is 0.302 e. The second-order valence-corrected chi connectivity index (χ2v) is 3.15. The first-order valence-electron chi connectivity index (χ1n) is 3.73. The molecular formula is C8H10N2O. The molecule has 1 aromatic heterocycles. The summed E-state index contributed by atoms with van der Waals surface area (Å²) in [7, 11) is 1.87. The van der Waals surface area contributed by atoms with E-state index in [2.05, 4.69) is 5.10 Å². The Kier molecular flexibility index (Phi) is 1.16. The summed E-state index contributed by atoms with van der Waals surface area (Å²) in [5.74, 6) is 0. The fraction of sp³-hybridized carbons (Fsp3) is 0.500. The molecule has 0 spiro atoms. The Morgan fingerprint density at radius 3 is 2.82 bits per heavy atom. The number of carbonyl (C=O) groups is 1. The van der Waals surface area contributed by atoms with Crippen LogP contribution in [0.5, 0.6) is 0 Å². The number of rotatable bonds is 2. The van der Waals surface area contributed by atoms with Crippen LogP contribution < -0.4 is 0 Å². The first-order chi connectivity index (χ1) is 5.27. The zero-order chi connectivity index (χ0) is 7.90. The molecule has 3 heteroatoms. The number of aryl methyl sites for hydroxylation is 1. The van der Waals surface area contributed by atoms with Gasteiger partial charge in [0.1, 0.15) is 6.29 Å². The molecule has 0 amide bonds. The normalized spacial score (nSPS) is 19.7. The first-order valence-corrected chi connectivity index (χ1v) is 3.73. The predicted octanol–water partition coefficient (Wildman–Crippen LogP) is 0.651. The Bertz CT molecular complexity index is 286. The van der Waals surface area contributed by atoms with E-state index in [1.165, 1.54) is 0 Å². The fourth-order valence-corrected chi connectivity index (χ4v) is 1.25. The quantitative estimate of drug-likeness (QED) is 0.580. The van der Waals surface area contributed by atoms with Gasteiger partial charge in [0.15, 0.2) is 0 Å². The van der Waals surface area contributed by atoms with Crippen LogP contribution in [0, 0.1) is 0 Å². The van der Waals surface area contributed by atoms with Crippen molar-refractivity contribution < 1.29 is 4.79 Å². The molecule has 11 heavy (non-hydrogen) atoms. The molecule has 1 fully saturated rings. The number of hydrogen-bond donors (Lipinski definition) is 0. The van der Waals surface area contributed by atoms with E-state index < -0.39 is 0 Å². The fourth-order valence-electron chi connectivity index (χ4n) is 1.25. The van der Waals surface area contributed by atoms with Gasteiger partial charge in [-0.1, -0.05) is 0 Å². The maximum Gasteiger partial charge on any atom is 0.132 e. The summed E-state index contributed by atoms with van der Waals surface area (Å²) in [4.78, 5) is 10.6. The maximum atomic E-state index is 10.6. The van der Waals surface area contributed by atoms with E-state index in [1.54, 1.807) is 4.68 Å². The number of aromatic nitrogens is 2. The third kappa shape index (κ3) is 0.878. The Morgan fingerprint density at radius 2 is 2.45 bits per heavy atom. The van der Waals surface area contributed by atoms with Crippen molar-refractivity contribution in [3.05, 3.63) is 18.0 Å². The van der Waals surface area contributed by atoms with E-state index in [9.17, 15) is 4.79 Å². The number of aldehydes is 1. The van der Waals surface area contributed by atoms with Gasteiger partial charge in [0.2, 0.25) is 0 Å². The molecule has 3 nitrogen and oxygen atoms in total. The molecule has 1 heterocycles. The number of carbonyl (C=O) groups excluding carboxylic acids is 1. The monoisotopic (exact) mass is 150 g/mol. The molecule has 0 radical (unpaired) electrons. The van der Waals surface area contributed by atoms with E-state index >= 15 is 0 Å². The Labute approximate surface area is 65.0 Å². The molecule has 58 valence electrons. The van der Waals surface area contributed by atoms with E-state index in [0.717, 1.165) is 24.8 Å². The summed E-state index contributed by atoms with van der Waals surface area (Å²) in [6, 6.07) is 1.92. The summed E-state index contributed by atoms with van der Waals surface area (Å²) in [5.41, 5.74) is 0.719. The van der Waals surface area contributed by atoms with Crippen molar-refractivity contribution in [2.45, 2.75) is 18.3 Å². The van der Waals surface area contributed by atoms with Gasteiger partial charge < -0.3 is 4.79 Å². The Balaban J connectivity index is 2.36. The third-order valence-corrected chi connectivity index (χ3v) is 2.24. The lowest BCUT2D eigenvalue weighted by molar-refractivity contribution is -0.109. The van der Waals surface area contributed by atoms with Crippen molar-refractivity contribution in [1.29, 1.82) is 0 Å². The first kappa shape index (κ1) is 6.58. The van der Waals surface area contributed by atoms with Crippen molar-refractivity contribution >= 4 is 6.29 Å². The number of nitrogens with zero attached hydrogens (tertiary/aromatic N) is 2. The van der Waals surface area contributed by atoms with Gasteiger partial charge in [-0.05, 0) is 18.9 Å². The van der Waals surface area contributed by atoms with Crippen molar-refractivity contribution in [2.75, 3.05) is 0 Å². The average molecular weight is 150 g/mol. The molecular weight excluding hydrogens is 140 g/mol. The highest BCUT2D eigenvalue weighted by Crippen LogP contribution is 2.45. The molecule has 0 unspecified atom stereocenters. The lowest BCUT2D eigenvalue weighted by Gasteiger charge is -1.99. The van der Waals surface area contributed by atoms with Crippen LogP contribution in [0.2, 0.25) is 0 Å². The minimum Gasteiger partial charge on any atom is -0.302 e. The lowest BCUT2D eigenvalue weighted by Crippen LogP contribution is -2.09. The molecule has 1 aromatic rings. The van der Waals surface area contributed by atoms with Crippen molar-refractivity contribution in [2.24, 2.45) is 7.05 Å². The Hall–Kier alpha value is -1.12. The van der Waals surface area contributed by atoms with Crippen LogP contribution in [0.25, 0.3) is 0 Å². The van der Waals surface area contributed by atoms with Gasteiger partial charge in [0.25, 0.3) is 0 Å². The molecule has 1 aliphatic carbocycles. The summed E-state index contributed by atoms with van der Waals surface area (Å²) < 4.78 is 1.74. The maximum absolute atomic E-state index is 10.6. The van der Waals surface area contributed by atoms with Gasteiger partial charge in [-0.2, -0.15) is 5.10 Å². The van der Waals surface area contributed by atoms with Crippen LogP contribution in [0.3, 0.4) is 0 Å². The van der Waals surface area contributed by atoms with Gasteiger partial charge in [-0.3, -0.25) is 4.68 Å². The molecule has 0 atom stereocenters. The van der Waals surface area contributed by atoms with Crippen LogP contribution in [-0.2, 0) is 17.3 Å². The standard InChI is InChI=1S/C8H10N2O/c1-10-5-2-7(9-10)8(6-11)3-4-8/h2,5-6H,3-4H2,1H3. The highest BCUT2D eigenvalue weighted by molar-refractivity contribution is 5.71. The molecule has 2 rings (SSSR count). The second kappa shape index (κ2) is 1.94. The van der Waals surface area contributed by atoms with Crippen molar-refractivity contribution in [3.8, 4) is 0 Å². The highest BCUT2D eigenvalue weighted by Gasteiger charge is 2.46. The van der Waals surface area contributed by atoms with E-state index in [0.29, 0.717) is 0 Å². The second-order valence-electron chi connectivity index (χ2n) is 3.15. The van der Waals surface area contributed by atoms with Crippen molar-refractivity contribution in [3.63, 3.8) is 0 Å². The van der Waals surface area contributed by atoms with E-state index in [-0.39, 0.29) is 5.41 Å². The minimum absolute atomic E-state index is 0.207. The molecule has 0 aliphatic heterocycles. The van der Waals surface area contributed by atoms with Gasteiger partial charge in [-0.25, -0.2) is 0 Å². The molecule has 0 aromatic carbocycles. The summed E-state index contributed by atoms with van der Waals surface area (Å²) in [6.07, 6.45) is 4.83. The van der Waals surface area contributed by atoms with Crippen LogP contribution >= 0.6 is 0 Å². The predicted molar refractivity (Wildman–Crippen MR) is 40.2 cm³/mol. The Morgan fingerprint density at radius 1 is 1.73 bits per heavy atom. The van der Waals surface area contributed by atoms with Gasteiger partial charge in [0.05, 0.1) is 11.1 Å². The van der Waals surface area contributed by atoms with E-state index in [1.807, 2.05) is 19.3 Å². The summed E-state index contributed by atoms with van der Waals surface area (Å²) >= 11 is 0. The van der Waals surface area contributed by atoms with Gasteiger partial charge >= 0.3 is 0 Å². The zero-order valence-electron chi connectivity index (χ0n) is 6.45. The lowest BCUT2D eigenvalue weighted by atomic mass is 10.1. The van der Waals surface area contributed by atoms with Gasteiger partial charge in [0, 0.05) is 13.2 Å². The van der Waals surface area contributed by atoms with Crippen LogP contribution in [0.4, 0.5) is 0 Å². The van der Waals surface area contributed by atoms with Gasteiger partial charge in [-0.15, -0.1) is 0 Å². The highest BCUT2D eigenvalue weighted by atomic mass is 16.1. The zero-order valence-corrected chi connectivity index (χ0v) is 6.45. The summed E-state index contributed by atoms with van der Waals surface area (Å²) in [6.45, 7) is 0. The molecule has 0 saturated heterocycles. The van der Waals surface area contributed by atoms with E-state index in [4.69, 9.17) is 0 Å². The van der Waals surface area contributed by atoms with Crippen LogP contribution in [0.15, 0.2) is 12.3 Å². The smallest absolute Gasteiger partial charge is 0.132 e. The molecule has 1 aliphatic rings. The third-order valence-electron chi connectivity index (χ3n) is 2.24. The average Bonchev–Trinajstić information content (AvgIpc) is 2.70. The van der Waals surface area contributed by atoms with Crippen LogP contribution in [-0.4, -0.2) is 16.1 Å².